The Morgan fingerprint density at radius 2 is 1.65 bits per heavy atom. The number of halogens is 3. The Morgan fingerprint density at radius 3 is 2.39 bits per heavy atom. The molecule has 156 valence electrons. The SMILES string of the molecule is O=C(O[C@H](Cn1nnc2ccccc21)C(=O)c1ccc(Cl)cc1)c1ccc(Cl)cc1Cl. The van der Waals surface area contributed by atoms with Gasteiger partial charge in [0.15, 0.2) is 6.10 Å². The summed E-state index contributed by atoms with van der Waals surface area (Å²) in [6.07, 6.45) is -1.18. The molecule has 0 aliphatic heterocycles. The van der Waals surface area contributed by atoms with E-state index in [1.807, 2.05) is 18.2 Å². The fourth-order valence-corrected chi connectivity index (χ4v) is 3.64. The van der Waals surface area contributed by atoms with Crippen molar-refractivity contribution < 1.29 is 14.3 Å². The molecule has 0 bridgehead atoms. The molecule has 1 atom stereocenters. The number of hydrogen-bond donors (Lipinski definition) is 0. The molecule has 31 heavy (non-hydrogen) atoms. The highest BCUT2D eigenvalue weighted by Gasteiger charge is 2.27. The van der Waals surface area contributed by atoms with Gasteiger partial charge >= 0.3 is 5.97 Å². The summed E-state index contributed by atoms with van der Waals surface area (Å²) in [4.78, 5) is 26.0. The second-order valence-corrected chi connectivity index (χ2v) is 7.93. The van der Waals surface area contributed by atoms with E-state index in [4.69, 9.17) is 39.5 Å². The molecule has 1 aromatic heterocycles. The van der Waals surface area contributed by atoms with Crippen molar-refractivity contribution in [1.82, 2.24) is 15.0 Å². The van der Waals surface area contributed by atoms with Crippen LogP contribution in [0.15, 0.2) is 66.7 Å². The average Bonchev–Trinajstić information content (AvgIpc) is 3.16. The summed E-state index contributed by atoms with van der Waals surface area (Å²) in [5.41, 5.74) is 1.81. The Morgan fingerprint density at radius 1 is 0.935 bits per heavy atom. The lowest BCUT2D eigenvalue weighted by atomic mass is 10.1. The molecule has 0 spiro atoms. The molecular formula is C22H14Cl3N3O3. The summed E-state index contributed by atoms with van der Waals surface area (Å²) in [6.45, 7) is -0.0288. The number of benzene rings is 3. The maximum Gasteiger partial charge on any atom is 0.340 e. The predicted molar refractivity (Wildman–Crippen MR) is 119 cm³/mol. The number of rotatable bonds is 6. The number of nitrogens with zero attached hydrogens (tertiary/aromatic N) is 3. The van der Waals surface area contributed by atoms with E-state index < -0.39 is 17.9 Å². The summed E-state index contributed by atoms with van der Waals surface area (Å²) in [6, 6.07) is 18.0. The predicted octanol–water partition coefficient (Wildman–Crippen LogP) is 5.50. The fraction of sp³-hybridized carbons (Fsp3) is 0.0909. The zero-order chi connectivity index (χ0) is 22.0. The van der Waals surface area contributed by atoms with Crippen molar-refractivity contribution in [3.8, 4) is 0 Å². The number of aromatic nitrogens is 3. The summed E-state index contributed by atoms with van der Waals surface area (Å²) in [5, 5.41) is 9.17. The first-order valence-corrected chi connectivity index (χ1v) is 10.3. The number of hydrogen-bond acceptors (Lipinski definition) is 5. The van der Waals surface area contributed by atoms with E-state index in [0.29, 0.717) is 26.6 Å². The van der Waals surface area contributed by atoms with Crippen LogP contribution in [0.25, 0.3) is 11.0 Å². The first kappa shape index (κ1) is 21.3. The number of carbonyl (C=O) groups is 2. The van der Waals surface area contributed by atoms with Crippen LogP contribution in [0.1, 0.15) is 20.7 Å². The second kappa shape index (κ2) is 9.06. The van der Waals surface area contributed by atoms with Crippen molar-refractivity contribution in [2.24, 2.45) is 0 Å². The first-order valence-electron chi connectivity index (χ1n) is 9.16. The molecular weight excluding hydrogens is 461 g/mol. The molecule has 0 N–H and O–H groups in total. The van der Waals surface area contributed by atoms with E-state index in [9.17, 15) is 9.59 Å². The van der Waals surface area contributed by atoms with Gasteiger partial charge in [0, 0.05) is 15.6 Å². The van der Waals surface area contributed by atoms with E-state index >= 15 is 0 Å². The number of ketones is 1. The minimum atomic E-state index is -1.18. The van der Waals surface area contributed by atoms with Gasteiger partial charge in [-0.15, -0.1) is 5.10 Å². The summed E-state index contributed by atoms with van der Waals surface area (Å²) in [5.74, 6) is -1.16. The molecule has 0 fully saturated rings. The van der Waals surface area contributed by atoms with Gasteiger partial charge in [0.1, 0.15) is 5.52 Å². The van der Waals surface area contributed by atoms with Crippen molar-refractivity contribution in [1.29, 1.82) is 0 Å². The fourth-order valence-electron chi connectivity index (χ4n) is 3.03. The number of esters is 1. The molecule has 4 aromatic rings. The third-order valence-electron chi connectivity index (χ3n) is 4.58. The molecule has 6 nitrogen and oxygen atoms in total. The van der Waals surface area contributed by atoms with Crippen LogP contribution in [0.3, 0.4) is 0 Å². The van der Waals surface area contributed by atoms with Crippen molar-refractivity contribution in [3.05, 3.63) is 92.9 Å². The smallest absolute Gasteiger partial charge is 0.340 e. The summed E-state index contributed by atoms with van der Waals surface area (Å²) < 4.78 is 7.11. The highest BCUT2D eigenvalue weighted by Crippen LogP contribution is 2.23. The van der Waals surface area contributed by atoms with Crippen LogP contribution in [-0.2, 0) is 11.3 Å². The van der Waals surface area contributed by atoms with Gasteiger partial charge in [0.05, 0.1) is 22.6 Å². The second-order valence-electron chi connectivity index (χ2n) is 6.65. The van der Waals surface area contributed by atoms with Gasteiger partial charge in [-0.05, 0) is 54.6 Å². The van der Waals surface area contributed by atoms with Crippen LogP contribution >= 0.6 is 34.8 Å². The van der Waals surface area contributed by atoms with Crippen LogP contribution in [0.2, 0.25) is 15.1 Å². The van der Waals surface area contributed by atoms with Gasteiger partial charge in [-0.1, -0.05) is 52.1 Å². The first-order chi connectivity index (χ1) is 14.9. The molecule has 3 aromatic carbocycles. The van der Waals surface area contributed by atoms with Gasteiger partial charge < -0.3 is 4.74 Å². The van der Waals surface area contributed by atoms with E-state index in [1.54, 1.807) is 30.3 Å². The highest BCUT2D eigenvalue weighted by atomic mass is 35.5. The third-order valence-corrected chi connectivity index (χ3v) is 5.38. The molecule has 0 aliphatic rings. The van der Waals surface area contributed by atoms with Crippen molar-refractivity contribution >= 4 is 57.6 Å². The molecule has 9 heteroatoms. The van der Waals surface area contributed by atoms with Crippen LogP contribution in [-0.4, -0.2) is 32.9 Å². The minimum Gasteiger partial charge on any atom is -0.448 e. The third kappa shape index (κ3) is 4.71. The van der Waals surface area contributed by atoms with Crippen LogP contribution in [0, 0.1) is 0 Å². The van der Waals surface area contributed by atoms with E-state index in [1.165, 1.54) is 22.9 Å². The summed E-state index contributed by atoms with van der Waals surface area (Å²) >= 11 is 18.0. The Kier molecular flexibility index (Phi) is 6.23. The standard InChI is InChI=1S/C22H14Cl3N3O3/c23-14-7-5-13(6-8-14)21(29)20(12-28-19-4-2-1-3-18(19)26-27-28)31-22(30)16-10-9-15(24)11-17(16)25/h1-11,20H,12H2/t20-/m1/s1. The lowest BCUT2D eigenvalue weighted by molar-refractivity contribution is 0.0245. The van der Waals surface area contributed by atoms with Gasteiger partial charge in [-0.3, -0.25) is 4.79 Å². The Labute approximate surface area is 192 Å². The lowest BCUT2D eigenvalue weighted by Crippen LogP contribution is -2.32. The van der Waals surface area contributed by atoms with Crippen LogP contribution in [0.4, 0.5) is 0 Å². The van der Waals surface area contributed by atoms with E-state index in [0.717, 1.165) is 0 Å². The Hall–Kier alpha value is -2.93. The monoisotopic (exact) mass is 473 g/mol. The number of Topliss-reactive ketones (excluding diaryl/α,β-unsaturated/α-hetero) is 1. The number of para-hydroxylation sites is 1. The normalized spacial score (nSPS) is 12.0. The zero-order valence-corrected chi connectivity index (χ0v) is 18.1. The Balaban J connectivity index is 1.67. The van der Waals surface area contributed by atoms with Crippen molar-refractivity contribution in [2.45, 2.75) is 12.6 Å². The molecule has 0 unspecified atom stereocenters. The molecule has 0 aliphatic carbocycles. The molecule has 0 radical (unpaired) electrons. The number of ether oxygens (including phenoxy) is 1. The topological polar surface area (TPSA) is 74.1 Å². The molecule has 0 saturated carbocycles. The van der Waals surface area contributed by atoms with Crippen LogP contribution in [0.5, 0.6) is 0 Å². The van der Waals surface area contributed by atoms with Gasteiger partial charge in [0.25, 0.3) is 0 Å². The van der Waals surface area contributed by atoms with Crippen molar-refractivity contribution in [2.75, 3.05) is 0 Å². The average molecular weight is 475 g/mol. The number of fused-ring (bicyclic) bond motifs is 1. The largest absolute Gasteiger partial charge is 0.448 e. The molecule has 4 rings (SSSR count). The van der Waals surface area contributed by atoms with Crippen LogP contribution < -0.4 is 0 Å². The Bertz CT molecular complexity index is 1270. The van der Waals surface area contributed by atoms with E-state index in [2.05, 4.69) is 10.3 Å². The minimum absolute atomic E-state index is 0.0288. The van der Waals surface area contributed by atoms with Gasteiger partial charge in [-0.25, -0.2) is 9.48 Å². The molecule has 0 saturated heterocycles. The maximum atomic E-state index is 13.2. The van der Waals surface area contributed by atoms with E-state index in [-0.39, 0.29) is 17.1 Å². The quantitative estimate of drug-likeness (QED) is 0.272. The maximum absolute atomic E-state index is 13.2. The highest BCUT2D eigenvalue weighted by molar-refractivity contribution is 6.36. The van der Waals surface area contributed by atoms with Gasteiger partial charge in [0.2, 0.25) is 5.78 Å². The number of carbonyl (C=O) groups excluding carboxylic acids is 2. The summed E-state index contributed by atoms with van der Waals surface area (Å²) in [7, 11) is 0. The zero-order valence-electron chi connectivity index (χ0n) is 15.8. The van der Waals surface area contributed by atoms with Crippen molar-refractivity contribution in [3.63, 3.8) is 0 Å². The van der Waals surface area contributed by atoms with Gasteiger partial charge in [-0.2, -0.15) is 0 Å². The molecule has 0 amide bonds. The molecule has 1 heterocycles. The lowest BCUT2D eigenvalue weighted by Gasteiger charge is -2.18.